The van der Waals surface area contributed by atoms with Gasteiger partial charge >= 0.3 is 0 Å². The summed E-state index contributed by atoms with van der Waals surface area (Å²) in [6.45, 7) is 5.73. The Morgan fingerprint density at radius 3 is 2.60 bits per heavy atom. The average molecular weight is 141 g/mol. The van der Waals surface area contributed by atoms with Crippen molar-refractivity contribution in [3.63, 3.8) is 0 Å². The van der Waals surface area contributed by atoms with Crippen molar-refractivity contribution in [1.29, 1.82) is 0 Å². The SMILES string of the molecule is C=CCCCCCC(C)N. The molecule has 1 nitrogen and oxygen atoms in total. The molecule has 0 aliphatic carbocycles. The molecule has 0 fully saturated rings. The van der Waals surface area contributed by atoms with Crippen LogP contribution in [0.4, 0.5) is 0 Å². The maximum absolute atomic E-state index is 5.59. The van der Waals surface area contributed by atoms with Crippen molar-refractivity contribution in [1.82, 2.24) is 0 Å². The van der Waals surface area contributed by atoms with E-state index in [0.29, 0.717) is 6.04 Å². The van der Waals surface area contributed by atoms with Gasteiger partial charge in [0, 0.05) is 6.04 Å². The van der Waals surface area contributed by atoms with Crippen LogP contribution in [0.15, 0.2) is 12.7 Å². The highest BCUT2D eigenvalue weighted by Crippen LogP contribution is 2.04. The summed E-state index contributed by atoms with van der Waals surface area (Å²) < 4.78 is 0. The molecule has 1 unspecified atom stereocenters. The first-order chi connectivity index (χ1) is 4.77. The van der Waals surface area contributed by atoms with Gasteiger partial charge in [0.25, 0.3) is 0 Å². The van der Waals surface area contributed by atoms with Gasteiger partial charge in [0.2, 0.25) is 0 Å². The minimum atomic E-state index is 0.378. The number of hydrogen-bond acceptors (Lipinski definition) is 1. The largest absolute Gasteiger partial charge is 0.328 e. The third kappa shape index (κ3) is 7.70. The molecule has 0 spiro atoms. The van der Waals surface area contributed by atoms with Gasteiger partial charge in [-0.1, -0.05) is 18.9 Å². The van der Waals surface area contributed by atoms with Crippen LogP contribution in [-0.2, 0) is 0 Å². The molecule has 0 amide bonds. The van der Waals surface area contributed by atoms with Gasteiger partial charge in [-0.3, -0.25) is 0 Å². The van der Waals surface area contributed by atoms with Crippen LogP contribution >= 0.6 is 0 Å². The van der Waals surface area contributed by atoms with Gasteiger partial charge in [0.1, 0.15) is 0 Å². The number of rotatable bonds is 6. The minimum absolute atomic E-state index is 0.378. The Hall–Kier alpha value is -0.300. The zero-order valence-corrected chi connectivity index (χ0v) is 6.97. The maximum Gasteiger partial charge on any atom is 0.00104 e. The second kappa shape index (κ2) is 6.81. The highest BCUT2D eigenvalue weighted by molar-refractivity contribution is 4.65. The smallest absolute Gasteiger partial charge is 0.00104 e. The molecule has 0 rings (SSSR count). The predicted molar refractivity (Wildman–Crippen MR) is 46.9 cm³/mol. The minimum Gasteiger partial charge on any atom is -0.328 e. The van der Waals surface area contributed by atoms with Crippen LogP contribution in [0.25, 0.3) is 0 Å². The first-order valence-electron chi connectivity index (χ1n) is 4.14. The van der Waals surface area contributed by atoms with E-state index in [1.807, 2.05) is 6.08 Å². The predicted octanol–water partition coefficient (Wildman–Crippen LogP) is 2.47. The van der Waals surface area contributed by atoms with Crippen molar-refractivity contribution >= 4 is 0 Å². The standard InChI is InChI=1S/C9H19N/c1-3-4-5-6-7-8-9(2)10/h3,9H,1,4-8,10H2,2H3. The van der Waals surface area contributed by atoms with E-state index in [2.05, 4.69) is 13.5 Å². The van der Waals surface area contributed by atoms with E-state index in [9.17, 15) is 0 Å². The molecular formula is C9H19N. The Balaban J connectivity index is 2.83. The molecular weight excluding hydrogens is 122 g/mol. The molecule has 0 saturated heterocycles. The van der Waals surface area contributed by atoms with E-state index in [0.717, 1.165) is 12.8 Å². The lowest BCUT2D eigenvalue weighted by atomic mass is 10.1. The van der Waals surface area contributed by atoms with Crippen molar-refractivity contribution in [2.45, 2.75) is 45.1 Å². The van der Waals surface area contributed by atoms with Gasteiger partial charge in [0.05, 0.1) is 0 Å². The van der Waals surface area contributed by atoms with E-state index in [4.69, 9.17) is 5.73 Å². The van der Waals surface area contributed by atoms with Crippen molar-refractivity contribution < 1.29 is 0 Å². The summed E-state index contributed by atoms with van der Waals surface area (Å²) in [7, 11) is 0. The highest BCUT2D eigenvalue weighted by Gasteiger charge is 1.92. The Morgan fingerprint density at radius 2 is 2.10 bits per heavy atom. The number of nitrogens with two attached hydrogens (primary N) is 1. The molecule has 0 saturated carbocycles. The molecule has 0 aromatic rings. The van der Waals surface area contributed by atoms with Crippen molar-refractivity contribution in [2.75, 3.05) is 0 Å². The number of hydrogen-bond donors (Lipinski definition) is 1. The summed E-state index contributed by atoms with van der Waals surface area (Å²) in [5.74, 6) is 0. The fourth-order valence-corrected chi connectivity index (χ4v) is 0.932. The number of allylic oxidation sites excluding steroid dienone is 1. The zero-order valence-electron chi connectivity index (χ0n) is 6.97. The molecule has 60 valence electrons. The molecule has 0 radical (unpaired) electrons. The maximum atomic E-state index is 5.59. The van der Waals surface area contributed by atoms with E-state index < -0.39 is 0 Å². The molecule has 0 bridgehead atoms. The number of unbranched alkanes of at least 4 members (excludes halogenated alkanes) is 3. The normalized spacial score (nSPS) is 13.0. The zero-order chi connectivity index (χ0) is 7.82. The van der Waals surface area contributed by atoms with E-state index in [1.165, 1.54) is 19.3 Å². The van der Waals surface area contributed by atoms with Crippen molar-refractivity contribution in [3.8, 4) is 0 Å². The van der Waals surface area contributed by atoms with Gasteiger partial charge in [0.15, 0.2) is 0 Å². The van der Waals surface area contributed by atoms with Gasteiger partial charge in [-0.25, -0.2) is 0 Å². The van der Waals surface area contributed by atoms with E-state index >= 15 is 0 Å². The van der Waals surface area contributed by atoms with Crippen LogP contribution in [0.5, 0.6) is 0 Å². The molecule has 1 atom stereocenters. The molecule has 2 N–H and O–H groups in total. The van der Waals surface area contributed by atoms with Gasteiger partial charge in [-0.15, -0.1) is 6.58 Å². The second-order valence-corrected chi connectivity index (χ2v) is 2.90. The Kier molecular flexibility index (Phi) is 6.61. The van der Waals surface area contributed by atoms with Crippen LogP contribution < -0.4 is 5.73 Å². The average Bonchev–Trinajstić information content (AvgIpc) is 1.87. The topological polar surface area (TPSA) is 26.0 Å². The van der Waals surface area contributed by atoms with E-state index in [-0.39, 0.29) is 0 Å². The fourth-order valence-electron chi connectivity index (χ4n) is 0.932. The summed E-state index contributed by atoms with van der Waals surface area (Å²) in [6, 6.07) is 0.378. The summed E-state index contributed by atoms with van der Waals surface area (Å²) in [6.07, 6.45) is 8.14. The van der Waals surface area contributed by atoms with E-state index in [1.54, 1.807) is 0 Å². The van der Waals surface area contributed by atoms with Crippen molar-refractivity contribution in [3.05, 3.63) is 12.7 Å². The van der Waals surface area contributed by atoms with Crippen LogP contribution in [0.1, 0.15) is 39.0 Å². The summed E-state index contributed by atoms with van der Waals surface area (Å²) in [4.78, 5) is 0. The molecule has 0 aliphatic rings. The Morgan fingerprint density at radius 1 is 1.40 bits per heavy atom. The molecule has 0 aliphatic heterocycles. The molecule has 0 aromatic heterocycles. The summed E-state index contributed by atoms with van der Waals surface area (Å²) in [5, 5.41) is 0. The molecule has 10 heavy (non-hydrogen) atoms. The fraction of sp³-hybridized carbons (Fsp3) is 0.778. The highest BCUT2D eigenvalue weighted by atomic mass is 14.6. The van der Waals surface area contributed by atoms with Crippen LogP contribution in [0.2, 0.25) is 0 Å². The summed E-state index contributed by atoms with van der Waals surface area (Å²) in [5.41, 5.74) is 5.59. The molecule has 1 heteroatoms. The third-order valence-corrected chi connectivity index (χ3v) is 1.57. The quantitative estimate of drug-likeness (QED) is 0.446. The third-order valence-electron chi connectivity index (χ3n) is 1.57. The van der Waals surface area contributed by atoms with Gasteiger partial charge in [-0.2, -0.15) is 0 Å². The monoisotopic (exact) mass is 141 g/mol. The van der Waals surface area contributed by atoms with Crippen LogP contribution in [0.3, 0.4) is 0 Å². The Labute approximate surface area is 64.3 Å². The lowest BCUT2D eigenvalue weighted by Crippen LogP contribution is -2.13. The molecule has 0 aromatic carbocycles. The van der Waals surface area contributed by atoms with Gasteiger partial charge < -0.3 is 5.73 Å². The first-order valence-corrected chi connectivity index (χ1v) is 4.14. The lowest BCUT2D eigenvalue weighted by Gasteiger charge is -2.02. The first kappa shape index (κ1) is 9.70. The Bertz CT molecular complexity index is 76.8. The lowest BCUT2D eigenvalue weighted by molar-refractivity contribution is 0.582. The van der Waals surface area contributed by atoms with Crippen LogP contribution in [-0.4, -0.2) is 6.04 Å². The van der Waals surface area contributed by atoms with Gasteiger partial charge in [-0.05, 0) is 26.2 Å². The van der Waals surface area contributed by atoms with Crippen LogP contribution in [0, 0.1) is 0 Å². The summed E-state index contributed by atoms with van der Waals surface area (Å²) >= 11 is 0. The van der Waals surface area contributed by atoms with Crippen molar-refractivity contribution in [2.24, 2.45) is 5.73 Å². The molecule has 0 heterocycles. The second-order valence-electron chi connectivity index (χ2n) is 2.90.